The maximum Gasteiger partial charge on any atom is 0.412 e. The van der Waals surface area contributed by atoms with Crippen LogP contribution < -0.4 is 0 Å². The van der Waals surface area contributed by atoms with Crippen molar-refractivity contribution in [2.75, 3.05) is 6.54 Å². The molecule has 19 heavy (non-hydrogen) atoms. The van der Waals surface area contributed by atoms with Gasteiger partial charge in [-0.3, -0.25) is 4.90 Å². The van der Waals surface area contributed by atoms with E-state index >= 15 is 0 Å². The van der Waals surface area contributed by atoms with Crippen LogP contribution in [0.5, 0.6) is 0 Å². The van der Waals surface area contributed by atoms with Crippen molar-refractivity contribution < 1.29 is 9.53 Å². The summed E-state index contributed by atoms with van der Waals surface area (Å²) in [5, 5.41) is 4.31. The van der Waals surface area contributed by atoms with E-state index in [0.29, 0.717) is 6.54 Å². The van der Waals surface area contributed by atoms with Crippen molar-refractivity contribution in [3.05, 3.63) is 18.5 Å². The summed E-state index contributed by atoms with van der Waals surface area (Å²) >= 11 is 0. The molecule has 106 valence electrons. The number of hydrogen-bond donors (Lipinski definition) is 0. The van der Waals surface area contributed by atoms with Crippen LogP contribution in [0.3, 0.4) is 0 Å². The maximum atomic E-state index is 12.4. The first kappa shape index (κ1) is 13.9. The fraction of sp³-hybridized carbons (Fsp3) is 0.714. The van der Waals surface area contributed by atoms with Crippen LogP contribution in [0.25, 0.3) is 0 Å². The van der Waals surface area contributed by atoms with E-state index in [9.17, 15) is 4.79 Å². The lowest BCUT2D eigenvalue weighted by atomic mass is 9.97. The molecular weight excluding hydrogens is 242 g/mol. The number of carbonyl (C=O) groups excluding carboxylic acids is 1. The summed E-state index contributed by atoms with van der Waals surface area (Å²) in [6, 6.07) is 1.88. The molecule has 1 aromatic heterocycles. The first-order valence-electron chi connectivity index (χ1n) is 6.84. The molecule has 1 aliphatic rings. The van der Waals surface area contributed by atoms with E-state index in [2.05, 4.69) is 5.10 Å². The number of ether oxygens (including phenoxy) is 1. The summed E-state index contributed by atoms with van der Waals surface area (Å²) in [6.45, 7) is 8.43. The van der Waals surface area contributed by atoms with E-state index < -0.39 is 11.3 Å². The fourth-order valence-electron chi connectivity index (χ4n) is 2.50. The Hall–Kier alpha value is -1.52. The lowest BCUT2D eigenvalue weighted by molar-refractivity contribution is -0.0419. The van der Waals surface area contributed by atoms with E-state index in [1.165, 1.54) is 0 Å². The minimum Gasteiger partial charge on any atom is -0.444 e. The molecule has 2 heterocycles. The molecule has 0 saturated carbocycles. The van der Waals surface area contributed by atoms with Gasteiger partial charge in [-0.25, -0.2) is 9.48 Å². The second kappa shape index (κ2) is 4.87. The number of rotatable bonds is 1. The molecule has 2 rings (SSSR count). The number of piperidine rings is 1. The van der Waals surface area contributed by atoms with Gasteiger partial charge in [-0.15, -0.1) is 0 Å². The average molecular weight is 265 g/mol. The number of amides is 1. The van der Waals surface area contributed by atoms with Gasteiger partial charge < -0.3 is 4.74 Å². The number of nitrogens with zero attached hydrogens (tertiary/aromatic N) is 3. The summed E-state index contributed by atoms with van der Waals surface area (Å²) < 4.78 is 7.37. The van der Waals surface area contributed by atoms with Gasteiger partial charge in [-0.05, 0) is 53.0 Å². The highest BCUT2D eigenvalue weighted by Gasteiger charge is 2.41. The zero-order valence-electron chi connectivity index (χ0n) is 12.2. The summed E-state index contributed by atoms with van der Waals surface area (Å²) in [7, 11) is 0. The first-order valence-corrected chi connectivity index (χ1v) is 6.84. The average Bonchev–Trinajstić information content (AvgIpc) is 2.80. The third-order valence-corrected chi connectivity index (χ3v) is 3.48. The van der Waals surface area contributed by atoms with Crippen LogP contribution in [0.2, 0.25) is 0 Å². The van der Waals surface area contributed by atoms with Crippen molar-refractivity contribution in [3.8, 4) is 0 Å². The molecule has 5 heteroatoms. The molecule has 1 aliphatic heterocycles. The number of likely N-dealkylation sites (tertiary alicyclic amines) is 1. The third-order valence-electron chi connectivity index (χ3n) is 3.48. The van der Waals surface area contributed by atoms with Crippen LogP contribution in [0.4, 0.5) is 4.79 Å². The van der Waals surface area contributed by atoms with Crippen LogP contribution in [-0.4, -0.2) is 32.9 Å². The van der Waals surface area contributed by atoms with Crippen molar-refractivity contribution in [3.63, 3.8) is 0 Å². The fourth-order valence-corrected chi connectivity index (χ4v) is 2.50. The summed E-state index contributed by atoms with van der Waals surface area (Å²) in [6.07, 6.45) is 6.39. The quantitative estimate of drug-likeness (QED) is 0.784. The Morgan fingerprint density at radius 2 is 2.11 bits per heavy atom. The van der Waals surface area contributed by atoms with E-state index in [-0.39, 0.29) is 6.09 Å². The Bertz CT molecular complexity index is 436. The molecule has 0 radical (unpaired) electrons. The van der Waals surface area contributed by atoms with Gasteiger partial charge in [0.1, 0.15) is 11.3 Å². The molecule has 1 fully saturated rings. The maximum absolute atomic E-state index is 12.4. The molecule has 1 aromatic rings. The lowest BCUT2D eigenvalue weighted by Crippen LogP contribution is -2.55. The minimum absolute atomic E-state index is 0.259. The highest BCUT2D eigenvalue weighted by molar-refractivity contribution is 5.69. The van der Waals surface area contributed by atoms with Gasteiger partial charge in [-0.1, -0.05) is 0 Å². The second-order valence-corrected chi connectivity index (χ2v) is 6.26. The SMILES string of the molecule is CC(C)(C)OC(=O)N1CCCCC1(C)n1cccn1. The van der Waals surface area contributed by atoms with E-state index in [0.717, 1.165) is 19.3 Å². The molecule has 1 unspecified atom stereocenters. The van der Waals surface area contributed by atoms with Gasteiger partial charge in [0, 0.05) is 18.9 Å². The highest BCUT2D eigenvalue weighted by Crippen LogP contribution is 2.33. The first-order chi connectivity index (χ1) is 8.83. The summed E-state index contributed by atoms with van der Waals surface area (Å²) in [5.74, 6) is 0. The van der Waals surface area contributed by atoms with Gasteiger partial charge in [0.2, 0.25) is 0 Å². The van der Waals surface area contributed by atoms with Crippen molar-refractivity contribution in [2.24, 2.45) is 0 Å². The smallest absolute Gasteiger partial charge is 0.412 e. The lowest BCUT2D eigenvalue weighted by Gasteiger charge is -2.44. The predicted molar refractivity (Wildman–Crippen MR) is 72.7 cm³/mol. The zero-order chi connectivity index (χ0) is 14.1. The second-order valence-electron chi connectivity index (χ2n) is 6.26. The Balaban J connectivity index is 2.23. The predicted octanol–water partition coefficient (Wildman–Crippen LogP) is 2.98. The minimum atomic E-state index is -0.473. The van der Waals surface area contributed by atoms with E-state index in [1.807, 2.05) is 44.6 Å². The Kier molecular flexibility index (Phi) is 3.56. The van der Waals surface area contributed by atoms with Crippen LogP contribution in [-0.2, 0) is 10.4 Å². The van der Waals surface area contributed by atoms with Crippen LogP contribution in [0, 0.1) is 0 Å². The molecule has 1 saturated heterocycles. The molecule has 0 N–H and O–H groups in total. The van der Waals surface area contributed by atoms with Gasteiger partial charge in [0.15, 0.2) is 0 Å². The Labute approximate surface area is 114 Å². The third kappa shape index (κ3) is 2.91. The molecule has 0 bridgehead atoms. The number of hydrogen-bond acceptors (Lipinski definition) is 3. The zero-order valence-corrected chi connectivity index (χ0v) is 12.2. The molecule has 1 amide bonds. The summed E-state index contributed by atoms with van der Waals surface area (Å²) in [4.78, 5) is 14.2. The normalized spacial score (nSPS) is 24.3. The molecule has 0 aromatic carbocycles. The van der Waals surface area contributed by atoms with Gasteiger partial charge >= 0.3 is 6.09 Å². The topological polar surface area (TPSA) is 47.4 Å². The van der Waals surface area contributed by atoms with Crippen molar-refractivity contribution in [1.82, 2.24) is 14.7 Å². The van der Waals surface area contributed by atoms with Gasteiger partial charge in [0.05, 0.1) is 0 Å². The molecule has 0 aliphatic carbocycles. The molecular formula is C14H23N3O2. The van der Waals surface area contributed by atoms with Crippen LogP contribution >= 0.6 is 0 Å². The van der Waals surface area contributed by atoms with Crippen LogP contribution in [0.1, 0.15) is 47.0 Å². The highest BCUT2D eigenvalue weighted by atomic mass is 16.6. The Morgan fingerprint density at radius 1 is 1.37 bits per heavy atom. The van der Waals surface area contributed by atoms with E-state index in [4.69, 9.17) is 4.74 Å². The number of carbonyl (C=O) groups is 1. The van der Waals surface area contributed by atoms with Crippen molar-refractivity contribution in [1.29, 1.82) is 0 Å². The number of aromatic nitrogens is 2. The van der Waals surface area contributed by atoms with Gasteiger partial charge in [-0.2, -0.15) is 5.10 Å². The molecule has 1 atom stereocenters. The Morgan fingerprint density at radius 3 is 2.68 bits per heavy atom. The van der Waals surface area contributed by atoms with Crippen LogP contribution in [0.15, 0.2) is 18.5 Å². The standard InChI is InChI=1S/C14H23N3O2/c1-13(2,3)19-12(18)16-10-6-5-8-14(16,4)17-11-7-9-15-17/h7,9,11H,5-6,8,10H2,1-4H3. The van der Waals surface area contributed by atoms with Crippen molar-refractivity contribution in [2.45, 2.75) is 58.2 Å². The monoisotopic (exact) mass is 265 g/mol. The van der Waals surface area contributed by atoms with E-state index in [1.54, 1.807) is 11.1 Å². The van der Waals surface area contributed by atoms with Crippen molar-refractivity contribution >= 4 is 6.09 Å². The summed E-state index contributed by atoms with van der Waals surface area (Å²) in [5.41, 5.74) is -0.899. The largest absolute Gasteiger partial charge is 0.444 e. The van der Waals surface area contributed by atoms with Gasteiger partial charge in [0.25, 0.3) is 0 Å². The molecule has 5 nitrogen and oxygen atoms in total. The molecule has 0 spiro atoms.